The van der Waals surface area contributed by atoms with Gasteiger partial charge in [0.1, 0.15) is 0 Å². The van der Waals surface area contributed by atoms with Crippen LogP contribution in [0, 0.1) is 6.92 Å². The van der Waals surface area contributed by atoms with Crippen molar-refractivity contribution in [3.63, 3.8) is 0 Å². The summed E-state index contributed by atoms with van der Waals surface area (Å²) < 4.78 is 0. The molecule has 0 saturated carbocycles. The fourth-order valence-corrected chi connectivity index (χ4v) is 3.62. The molecule has 0 amide bonds. The molecule has 2 aromatic rings. The van der Waals surface area contributed by atoms with Crippen molar-refractivity contribution in [2.45, 2.75) is 26.5 Å². The number of hydrogen-bond acceptors (Lipinski definition) is 3. The van der Waals surface area contributed by atoms with Gasteiger partial charge in [0.25, 0.3) is 0 Å². The van der Waals surface area contributed by atoms with Gasteiger partial charge >= 0.3 is 0 Å². The average Bonchev–Trinajstić information content (AvgIpc) is 2.42. The highest BCUT2D eigenvalue weighted by molar-refractivity contribution is 8.00. The fourth-order valence-electron chi connectivity index (χ4n) is 1.64. The van der Waals surface area contributed by atoms with Crippen molar-refractivity contribution in [3.8, 4) is 0 Å². The van der Waals surface area contributed by atoms with E-state index in [2.05, 4.69) is 61.9 Å². The van der Waals surface area contributed by atoms with Gasteiger partial charge in [0, 0.05) is 19.6 Å². The minimum Gasteiger partial charge on any atom is -0.130 e. The summed E-state index contributed by atoms with van der Waals surface area (Å²) >= 11 is 5.41. The topological polar surface area (TPSA) is 0 Å². The van der Waals surface area contributed by atoms with Crippen LogP contribution in [0.5, 0.6) is 0 Å². The maximum atomic E-state index is 2.27. The predicted molar refractivity (Wildman–Crippen MR) is 85.3 cm³/mol. The molecule has 2 aromatic carbocycles. The first-order valence-electron chi connectivity index (χ1n) is 5.69. The van der Waals surface area contributed by atoms with Crippen molar-refractivity contribution in [2.75, 3.05) is 12.5 Å². The van der Waals surface area contributed by atoms with E-state index in [4.69, 9.17) is 0 Å². The summed E-state index contributed by atoms with van der Waals surface area (Å²) in [6.45, 7) is 2.16. The van der Waals surface area contributed by atoms with Crippen LogP contribution in [0.2, 0.25) is 0 Å². The predicted octanol–water partition coefficient (Wildman–Crippen LogP) is 5.59. The van der Waals surface area contributed by atoms with Gasteiger partial charge in [-0.05, 0) is 61.4 Å². The molecule has 2 rings (SSSR count). The molecule has 0 bridgehead atoms. The Hall–Kier alpha value is -0.510. The van der Waals surface area contributed by atoms with Crippen molar-refractivity contribution < 1.29 is 0 Å². The second-order valence-electron chi connectivity index (χ2n) is 3.91. The van der Waals surface area contributed by atoms with Gasteiger partial charge in [0.05, 0.1) is 0 Å². The normalized spacial score (nSPS) is 10.6. The van der Waals surface area contributed by atoms with Crippen LogP contribution in [0.4, 0.5) is 0 Å². The molecule has 0 atom stereocenters. The Kier molecular flexibility index (Phi) is 5.10. The van der Waals surface area contributed by atoms with E-state index in [1.54, 1.807) is 11.8 Å². The lowest BCUT2D eigenvalue weighted by Gasteiger charge is -2.07. The Balaban J connectivity index is 2.17. The highest BCUT2D eigenvalue weighted by Gasteiger charge is 2.02. The van der Waals surface area contributed by atoms with Crippen LogP contribution in [0.15, 0.2) is 62.0 Å². The summed E-state index contributed by atoms with van der Waals surface area (Å²) in [6.07, 6.45) is 4.23. The lowest BCUT2D eigenvalue weighted by molar-refractivity contribution is 1.23. The Morgan fingerprint density at radius 2 is 1.33 bits per heavy atom. The number of benzene rings is 2. The smallest absolute Gasteiger partial charge is 0.0133 e. The number of rotatable bonds is 4. The molecule has 0 radical (unpaired) electrons. The lowest BCUT2D eigenvalue weighted by atomic mass is 10.2. The number of aryl methyl sites for hydroxylation is 1. The zero-order chi connectivity index (χ0) is 13.0. The summed E-state index contributed by atoms with van der Waals surface area (Å²) in [5, 5.41) is 0. The number of hydrogen-bond donors (Lipinski definition) is 0. The Labute approximate surface area is 122 Å². The standard InChI is InChI=1S/C15H16S3/c1-11-4-5-14(10-15(11)17-3)18-13-8-6-12(16-2)7-9-13/h4-10H,1-3H3. The minimum absolute atomic E-state index is 1.30. The quantitative estimate of drug-likeness (QED) is 0.674. The van der Waals surface area contributed by atoms with Gasteiger partial charge < -0.3 is 0 Å². The van der Waals surface area contributed by atoms with Gasteiger partial charge in [-0.3, -0.25) is 0 Å². The van der Waals surface area contributed by atoms with Crippen LogP contribution in [0.3, 0.4) is 0 Å². The maximum absolute atomic E-state index is 2.27. The first kappa shape index (κ1) is 13.9. The molecule has 0 heterocycles. The van der Waals surface area contributed by atoms with E-state index in [-0.39, 0.29) is 0 Å². The second kappa shape index (κ2) is 6.60. The molecule has 0 fully saturated rings. The third-order valence-electron chi connectivity index (χ3n) is 2.67. The summed E-state index contributed by atoms with van der Waals surface area (Å²) in [4.78, 5) is 5.28. The molecule has 0 aliphatic carbocycles. The van der Waals surface area contributed by atoms with E-state index in [1.807, 2.05) is 23.5 Å². The van der Waals surface area contributed by atoms with Gasteiger partial charge in [-0.15, -0.1) is 23.5 Å². The van der Waals surface area contributed by atoms with Crippen LogP contribution in [-0.2, 0) is 0 Å². The molecule has 0 aromatic heterocycles. The van der Waals surface area contributed by atoms with Gasteiger partial charge in [0.2, 0.25) is 0 Å². The lowest BCUT2D eigenvalue weighted by Crippen LogP contribution is -1.80. The molecule has 0 spiro atoms. The molecule has 0 nitrogen and oxygen atoms in total. The number of thioether (sulfide) groups is 2. The molecular weight excluding hydrogens is 276 g/mol. The van der Waals surface area contributed by atoms with Gasteiger partial charge in [0.15, 0.2) is 0 Å². The molecule has 0 N–H and O–H groups in total. The molecule has 3 heteroatoms. The summed E-state index contributed by atoms with van der Waals surface area (Å²) in [5.41, 5.74) is 1.35. The molecule has 0 aliphatic heterocycles. The third-order valence-corrected chi connectivity index (χ3v) is 5.30. The largest absolute Gasteiger partial charge is 0.130 e. The van der Waals surface area contributed by atoms with Crippen molar-refractivity contribution in [2.24, 2.45) is 0 Å². The van der Waals surface area contributed by atoms with Crippen LogP contribution in [-0.4, -0.2) is 12.5 Å². The van der Waals surface area contributed by atoms with Crippen LogP contribution in [0.25, 0.3) is 0 Å². The summed E-state index contributed by atoms with van der Waals surface area (Å²) in [7, 11) is 0. The molecule has 0 saturated heterocycles. The zero-order valence-electron chi connectivity index (χ0n) is 10.8. The first-order valence-corrected chi connectivity index (χ1v) is 8.96. The Bertz CT molecular complexity index is 518. The maximum Gasteiger partial charge on any atom is 0.0133 e. The molecule has 94 valence electrons. The van der Waals surface area contributed by atoms with E-state index in [1.165, 1.54) is 25.1 Å². The second-order valence-corrected chi connectivity index (χ2v) is 6.78. The first-order chi connectivity index (χ1) is 8.72. The van der Waals surface area contributed by atoms with Crippen molar-refractivity contribution in [1.29, 1.82) is 0 Å². The summed E-state index contributed by atoms with van der Waals surface area (Å²) in [5.74, 6) is 0. The van der Waals surface area contributed by atoms with E-state index in [9.17, 15) is 0 Å². The van der Waals surface area contributed by atoms with Crippen LogP contribution >= 0.6 is 35.3 Å². The molecule has 0 unspecified atom stereocenters. The molecular formula is C15H16S3. The highest BCUT2D eigenvalue weighted by Crippen LogP contribution is 2.32. The van der Waals surface area contributed by atoms with E-state index in [0.29, 0.717) is 0 Å². The SMILES string of the molecule is CSc1ccc(Sc2ccc(C)c(SC)c2)cc1. The van der Waals surface area contributed by atoms with Crippen molar-refractivity contribution in [3.05, 3.63) is 48.0 Å². The highest BCUT2D eigenvalue weighted by atomic mass is 32.2. The van der Waals surface area contributed by atoms with E-state index < -0.39 is 0 Å². The Morgan fingerprint density at radius 3 is 1.94 bits per heavy atom. The van der Waals surface area contributed by atoms with Crippen LogP contribution in [0.1, 0.15) is 5.56 Å². The average molecular weight is 292 g/mol. The fraction of sp³-hybridized carbons (Fsp3) is 0.200. The van der Waals surface area contributed by atoms with E-state index >= 15 is 0 Å². The van der Waals surface area contributed by atoms with Crippen molar-refractivity contribution in [1.82, 2.24) is 0 Å². The van der Waals surface area contributed by atoms with Crippen LogP contribution < -0.4 is 0 Å². The van der Waals surface area contributed by atoms with Crippen molar-refractivity contribution >= 4 is 35.3 Å². The van der Waals surface area contributed by atoms with Gasteiger partial charge in [-0.2, -0.15) is 0 Å². The third kappa shape index (κ3) is 3.50. The summed E-state index contributed by atoms with van der Waals surface area (Å²) in [6, 6.07) is 15.4. The molecule has 18 heavy (non-hydrogen) atoms. The zero-order valence-corrected chi connectivity index (χ0v) is 13.2. The Morgan fingerprint density at radius 1 is 0.722 bits per heavy atom. The van der Waals surface area contributed by atoms with Gasteiger partial charge in [-0.1, -0.05) is 17.8 Å². The molecule has 0 aliphatic rings. The monoisotopic (exact) mass is 292 g/mol. The van der Waals surface area contributed by atoms with Gasteiger partial charge in [-0.25, -0.2) is 0 Å². The van der Waals surface area contributed by atoms with E-state index in [0.717, 1.165) is 0 Å². The minimum atomic E-state index is 1.30.